The summed E-state index contributed by atoms with van der Waals surface area (Å²) in [7, 11) is 0. The van der Waals surface area contributed by atoms with Crippen molar-refractivity contribution in [1.29, 1.82) is 0 Å². The maximum Gasteiger partial charge on any atom is 0.171 e. The molecule has 0 spiro atoms. The van der Waals surface area contributed by atoms with E-state index in [1.54, 1.807) is 0 Å². The van der Waals surface area contributed by atoms with E-state index in [9.17, 15) is 0 Å². The van der Waals surface area contributed by atoms with Crippen molar-refractivity contribution in [2.24, 2.45) is 0 Å². The van der Waals surface area contributed by atoms with Crippen molar-refractivity contribution in [1.82, 2.24) is 10.6 Å². The third-order valence-corrected chi connectivity index (χ3v) is 6.09. The van der Waals surface area contributed by atoms with Gasteiger partial charge in [-0.1, -0.05) is 76.2 Å². The van der Waals surface area contributed by atoms with Crippen LogP contribution in [0.5, 0.6) is 0 Å². The fourth-order valence-corrected chi connectivity index (χ4v) is 3.77. The summed E-state index contributed by atoms with van der Waals surface area (Å²) in [6, 6.07) is 25.2. The molecule has 0 unspecified atom stereocenters. The van der Waals surface area contributed by atoms with Crippen LogP contribution in [0.3, 0.4) is 0 Å². The van der Waals surface area contributed by atoms with Crippen LogP contribution in [-0.4, -0.2) is 10.2 Å². The lowest BCUT2D eigenvalue weighted by Gasteiger charge is -2.13. The van der Waals surface area contributed by atoms with Gasteiger partial charge in [0.2, 0.25) is 0 Å². The minimum absolute atomic E-state index is 0.520. The second kappa shape index (κ2) is 12.5. The van der Waals surface area contributed by atoms with Crippen LogP contribution in [0.25, 0.3) is 0 Å². The molecule has 0 aliphatic heterocycles. The summed E-state index contributed by atoms with van der Waals surface area (Å²) in [4.78, 5) is 0. The predicted octanol–water partition coefficient (Wildman–Crippen LogP) is 6.91. The molecule has 3 aromatic rings. The molecular weight excluding hydrogens is 456 g/mol. The molecule has 0 aliphatic rings. The first kappa shape index (κ1) is 25.7. The Kier molecular flexibility index (Phi) is 9.42. The van der Waals surface area contributed by atoms with Gasteiger partial charge < -0.3 is 21.3 Å². The monoisotopic (exact) mass is 490 g/mol. The number of hydrogen-bond donors (Lipinski definition) is 4. The summed E-state index contributed by atoms with van der Waals surface area (Å²) in [6.07, 6.45) is 0. The molecule has 0 atom stereocenters. The molecular formula is C28H34N4S2. The Labute approximate surface area is 214 Å². The van der Waals surface area contributed by atoms with E-state index in [0.717, 1.165) is 22.5 Å². The van der Waals surface area contributed by atoms with Crippen LogP contribution < -0.4 is 21.3 Å². The van der Waals surface area contributed by atoms with Crippen molar-refractivity contribution < 1.29 is 0 Å². The van der Waals surface area contributed by atoms with Gasteiger partial charge in [-0.2, -0.15) is 0 Å². The van der Waals surface area contributed by atoms with E-state index in [1.165, 1.54) is 11.1 Å². The molecule has 4 nitrogen and oxygen atoms in total. The molecule has 6 heteroatoms. The molecule has 0 saturated carbocycles. The third kappa shape index (κ3) is 8.12. The van der Waals surface area contributed by atoms with Gasteiger partial charge in [-0.15, -0.1) is 0 Å². The number of thiocarbonyl (C=S) groups is 2. The van der Waals surface area contributed by atoms with Gasteiger partial charge >= 0.3 is 0 Å². The first-order valence-corrected chi connectivity index (χ1v) is 12.5. The number of anilines is 2. The van der Waals surface area contributed by atoms with E-state index < -0.39 is 0 Å². The average Bonchev–Trinajstić information content (AvgIpc) is 2.83. The van der Waals surface area contributed by atoms with E-state index >= 15 is 0 Å². The first-order chi connectivity index (χ1) is 16.3. The summed E-state index contributed by atoms with van der Waals surface area (Å²) in [5.74, 6) is 1.04. The molecule has 3 aromatic carbocycles. The number of benzene rings is 3. The summed E-state index contributed by atoms with van der Waals surface area (Å²) in [5.41, 5.74) is 6.93. The smallest absolute Gasteiger partial charge is 0.171 e. The minimum Gasteiger partial charge on any atom is -0.358 e. The van der Waals surface area contributed by atoms with Gasteiger partial charge in [-0.3, -0.25) is 0 Å². The lowest BCUT2D eigenvalue weighted by molar-refractivity contribution is 0.867. The van der Waals surface area contributed by atoms with Gasteiger partial charge in [-0.25, -0.2) is 0 Å². The molecule has 178 valence electrons. The molecule has 0 amide bonds. The topological polar surface area (TPSA) is 48.1 Å². The molecule has 3 rings (SSSR count). The van der Waals surface area contributed by atoms with Crippen molar-refractivity contribution in [3.8, 4) is 0 Å². The van der Waals surface area contributed by atoms with Crippen LogP contribution in [-0.2, 0) is 13.1 Å². The second-order valence-corrected chi connectivity index (χ2v) is 9.80. The molecule has 0 radical (unpaired) electrons. The highest BCUT2D eigenvalue weighted by Gasteiger charge is 2.03. The standard InChI is InChI=1S/C28H34N4S2/c1-19(2)23-9-13-25(14-10-23)31-27(33)29-17-21-5-7-22(8-6-21)18-30-28(34)32-26-15-11-24(12-16-26)20(3)4/h5-16,19-20H,17-18H2,1-4H3,(H2,29,31,33)(H2,30,32,34). The highest BCUT2D eigenvalue weighted by atomic mass is 32.1. The van der Waals surface area contributed by atoms with Crippen molar-refractivity contribution in [3.05, 3.63) is 95.1 Å². The molecule has 0 bridgehead atoms. The van der Waals surface area contributed by atoms with E-state index in [1.807, 2.05) is 0 Å². The average molecular weight is 491 g/mol. The maximum atomic E-state index is 5.44. The fourth-order valence-electron chi connectivity index (χ4n) is 3.39. The van der Waals surface area contributed by atoms with E-state index in [4.69, 9.17) is 24.4 Å². The molecule has 0 heterocycles. The third-order valence-electron chi connectivity index (χ3n) is 5.60. The zero-order chi connectivity index (χ0) is 24.5. The summed E-state index contributed by atoms with van der Waals surface area (Å²) in [6.45, 7) is 10.1. The molecule has 0 aliphatic carbocycles. The Morgan fingerprint density at radius 3 is 1.18 bits per heavy atom. The summed E-state index contributed by atoms with van der Waals surface area (Å²) >= 11 is 10.9. The fraction of sp³-hybridized carbons (Fsp3) is 0.286. The highest BCUT2D eigenvalue weighted by molar-refractivity contribution is 7.80. The van der Waals surface area contributed by atoms with Crippen molar-refractivity contribution in [3.63, 3.8) is 0 Å². The Bertz CT molecular complexity index is 984. The molecule has 0 fully saturated rings. The lowest BCUT2D eigenvalue weighted by atomic mass is 10.0. The van der Waals surface area contributed by atoms with Crippen LogP contribution in [0, 0.1) is 0 Å². The highest BCUT2D eigenvalue weighted by Crippen LogP contribution is 2.18. The normalized spacial score (nSPS) is 10.8. The maximum absolute atomic E-state index is 5.44. The zero-order valence-electron chi connectivity index (χ0n) is 20.3. The SMILES string of the molecule is CC(C)c1ccc(NC(=S)NCc2ccc(CNC(=S)Nc3ccc(C(C)C)cc3)cc2)cc1. The number of rotatable bonds is 8. The van der Waals surface area contributed by atoms with Crippen molar-refractivity contribution in [2.75, 3.05) is 10.6 Å². The molecule has 0 saturated heterocycles. The Morgan fingerprint density at radius 1 is 0.559 bits per heavy atom. The van der Waals surface area contributed by atoms with Crippen molar-refractivity contribution >= 4 is 46.0 Å². The van der Waals surface area contributed by atoms with E-state index in [0.29, 0.717) is 35.2 Å². The Balaban J connectivity index is 1.40. The van der Waals surface area contributed by atoms with Gasteiger partial charge in [0.15, 0.2) is 10.2 Å². The van der Waals surface area contributed by atoms with Crippen LogP contribution in [0.2, 0.25) is 0 Å². The molecule has 0 aromatic heterocycles. The van der Waals surface area contributed by atoms with Crippen LogP contribution in [0.4, 0.5) is 11.4 Å². The van der Waals surface area contributed by atoms with Gasteiger partial charge in [-0.05, 0) is 82.8 Å². The molecule has 34 heavy (non-hydrogen) atoms. The van der Waals surface area contributed by atoms with Crippen LogP contribution in [0.1, 0.15) is 61.8 Å². The van der Waals surface area contributed by atoms with Crippen molar-refractivity contribution in [2.45, 2.75) is 52.6 Å². The van der Waals surface area contributed by atoms with Crippen LogP contribution in [0.15, 0.2) is 72.8 Å². The Hall–Kier alpha value is -2.96. The molecule has 4 N–H and O–H groups in total. The largest absolute Gasteiger partial charge is 0.358 e. The Morgan fingerprint density at radius 2 is 0.882 bits per heavy atom. The van der Waals surface area contributed by atoms with E-state index in [2.05, 4.69) is 122 Å². The quantitative estimate of drug-likeness (QED) is 0.258. The summed E-state index contributed by atoms with van der Waals surface area (Å²) < 4.78 is 0. The lowest BCUT2D eigenvalue weighted by Crippen LogP contribution is -2.28. The van der Waals surface area contributed by atoms with Gasteiger partial charge in [0, 0.05) is 24.5 Å². The minimum atomic E-state index is 0.520. The second-order valence-electron chi connectivity index (χ2n) is 8.99. The van der Waals surface area contributed by atoms with Gasteiger partial charge in [0.25, 0.3) is 0 Å². The number of hydrogen-bond acceptors (Lipinski definition) is 2. The van der Waals surface area contributed by atoms with Gasteiger partial charge in [0.1, 0.15) is 0 Å². The van der Waals surface area contributed by atoms with E-state index in [-0.39, 0.29) is 0 Å². The first-order valence-electron chi connectivity index (χ1n) is 11.7. The number of nitrogens with one attached hydrogen (secondary N) is 4. The zero-order valence-corrected chi connectivity index (χ0v) is 21.9. The summed E-state index contributed by atoms with van der Waals surface area (Å²) in [5, 5.41) is 14.2. The van der Waals surface area contributed by atoms with Crippen LogP contribution >= 0.6 is 24.4 Å². The predicted molar refractivity (Wildman–Crippen MR) is 154 cm³/mol. The van der Waals surface area contributed by atoms with Gasteiger partial charge in [0.05, 0.1) is 0 Å².